The molecule has 3 rings (SSSR count). The average molecular weight is 446 g/mol. The first-order valence-electron chi connectivity index (χ1n) is 8.12. The van der Waals surface area contributed by atoms with Crippen LogP contribution in [0.25, 0.3) is 6.08 Å². The van der Waals surface area contributed by atoms with Crippen LogP contribution in [0.3, 0.4) is 0 Å². The van der Waals surface area contributed by atoms with Crippen molar-refractivity contribution in [3.05, 3.63) is 50.4 Å². The van der Waals surface area contributed by atoms with E-state index in [2.05, 4.69) is 4.98 Å². The molecule has 0 spiro atoms. The Labute approximate surface area is 172 Å². The van der Waals surface area contributed by atoms with Crippen LogP contribution in [-0.4, -0.2) is 54.7 Å². The zero-order chi connectivity index (χ0) is 19.6. The summed E-state index contributed by atoms with van der Waals surface area (Å²) in [6, 6.07) is 4.23. The van der Waals surface area contributed by atoms with Crippen LogP contribution in [0.15, 0.2) is 34.6 Å². The molecule has 0 atom stereocenters. The number of hydrogen-bond donors (Lipinski definition) is 0. The fourth-order valence-electron chi connectivity index (χ4n) is 2.65. The fraction of sp³-hybridized carbons (Fsp3) is 0.294. The first kappa shape index (κ1) is 20.3. The minimum absolute atomic E-state index is 0.0930. The summed E-state index contributed by atoms with van der Waals surface area (Å²) in [5, 5.41) is 3.30. The van der Waals surface area contributed by atoms with E-state index in [1.165, 1.54) is 39.9 Å². The van der Waals surface area contributed by atoms with Crippen LogP contribution in [0.2, 0.25) is 10.0 Å². The zero-order valence-electron chi connectivity index (χ0n) is 14.4. The van der Waals surface area contributed by atoms with Crippen LogP contribution in [0.5, 0.6) is 0 Å². The largest absolute Gasteiger partial charge is 0.337 e. The van der Waals surface area contributed by atoms with Gasteiger partial charge in [0.1, 0.15) is 0 Å². The third-order valence-corrected chi connectivity index (χ3v) is 7.54. The molecule has 1 aromatic heterocycles. The third kappa shape index (κ3) is 4.70. The molecule has 1 aliphatic heterocycles. The number of amides is 1. The summed E-state index contributed by atoms with van der Waals surface area (Å²) in [6.45, 7) is 2.98. The molecular weight excluding hydrogens is 429 g/mol. The molecule has 27 heavy (non-hydrogen) atoms. The lowest BCUT2D eigenvalue weighted by Crippen LogP contribution is -2.50. The average Bonchev–Trinajstić information content (AvgIpc) is 3.07. The van der Waals surface area contributed by atoms with Crippen molar-refractivity contribution in [2.75, 3.05) is 26.2 Å². The van der Waals surface area contributed by atoms with Crippen LogP contribution in [0, 0.1) is 6.92 Å². The molecule has 1 aliphatic rings. The quantitative estimate of drug-likeness (QED) is 0.676. The predicted octanol–water partition coefficient (Wildman–Crippen LogP) is 3.30. The van der Waals surface area contributed by atoms with E-state index < -0.39 is 10.0 Å². The molecule has 0 N–H and O–H groups in total. The van der Waals surface area contributed by atoms with Crippen molar-refractivity contribution >= 4 is 56.5 Å². The molecule has 10 heteroatoms. The van der Waals surface area contributed by atoms with Crippen molar-refractivity contribution in [1.29, 1.82) is 0 Å². The number of nitrogens with zero attached hydrogens (tertiary/aromatic N) is 3. The smallest absolute Gasteiger partial charge is 0.246 e. The van der Waals surface area contributed by atoms with Gasteiger partial charge < -0.3 is 4.90 Å². The number of thiazole rings is 1. The molecule has 1 amide bonds. The number of aryl methyl sites for hydroxylation is 1. The minimum Gasteiger partial charge on any atom is -0.337 e. The number of rotatable bonds is 4. The number of halogens is 2. The van der Waals surface area contributed by atoms with Crippen LogP contribution >= 0.6 is 34.5 Å². The number of aromatic nitrogens is 1. The van der Waals surface area contributed by atoms with E-state index in [0.29, 0.717) is 18.1 Å². The molecule has 1 fully saturated rings. The third-order valence-electron chi connectivity index (χ3n) is 4.11. The van der Waals surface area contributed by atoms with Crippen LogP contribution in [0.1, 0.15) is 10.7 Å². The monoisotopic (exact) mass is 445 g/mol. The summed E-state index contributed by atoms with van der Waals surface area (Å²) >= 11 is 13.3. The molecule has 0 bridgehead atoms. The van der Waals surface area contributed by atoms with Gasteiger partial charge in [-0.15, -0.1) is 11.3 Å². The lowest BCUT2D eigenvalue weighted by molar-refractivity contribution is -0.127. The second kappa shape index (κ2) is 8.28. The van der Waals surface area contributed by atoms with Crippen molar-refractivity contribution in [1.82, 2.24) is 14.2 Å². The number of benzene rings is 1. The maximum atomic E-state index is 12.7. The maximum Gasteiger partial charge on any atom is 0.246 e. The molecule has 6 nitrogen and oxygen atoms in total. The highest BCUT2D eigenvalue weighted by Gasteiger charge is 2.29. The van der Waals surface area contributed by atoms with Crippen LogP contribution < -0.4 is 0 Å². The van der Waals surface area contributed by atoms with Gasteiger partial charge in [-0.2, -0.15) is 4.31 Å². The van der Waals surface area contributed by atoms with E-state index in [4.69, 9.17) is 23.2 Å². The highest BCUT2D eigenvalue weighted by molar-refractivity contribution is 7.89. The first-order valence-corrected chi connectivity index (χ1v) is 11.2. The number of carbonyl (C=O) groups is 1. The van der Waals surface area contributed by atoms with Gasteiger partial charge in [-0.1, -0.05) is 23.2 Å². The van der Waals surface area contributed by atoms with Gasteiger partial charge in [0.2, 0.25) is 15.9 Å². The summed E-state index contributed by atoms with van der Waals surface area (Å²) in [5.41, 5.74) is 0.742. The lowest BCUT2D eigenvalue weighted by atomic mass is 10.3. The topological polar surface area (TPSA) is 70.6 Å². The van der Waals surface area contributed by atoms with E-state index in [9.17, 15) is 13.2 Å². The Balaban J connectivity index is 1.63. The molecule has 2 aromatic rings. The Kier molecular flexibility index (Phi) is 6.22. The molecule has 0 unspecified atom stereocenters. The summed E-state index contributed by atoms with van der Waals surface area (Å²) in [5.74, 6) is -0.160. The van der Waals surface area contributed by atoms with E-state index in [1.807, 2.05) is 12.3 Å². The van der Waals surface area contributed by atoms with Gasteiger partial charge in [0.25, 0.3) is 0 Å². The highest BCUT2D eigenvalue weighted by atomic mass is 35.5. The molecule has 0 radical (unpaired) electrons. The summed E-state index contributed by atoms with van der Waals surface area (Å²) in [4.78, 5) is 18.3. The Hall–Kier alpha value is -1.45. The van der Waals surface area contributed by atoms with Gasteiger partial charge in [-0.05, 0) is 31.2 Å². The fourth-order valence-corrected chi connectivity index (χ4v) is 5.05. The van der Waals surface area contributed by atoms with E-state index in [1.54, 1.807) is 11.0 Å². The molecule has 1 saturated heterocycles. The SMILES string of the molecule is Cc1nc(C=CC(=O)N2CCN(S(=O)(=O)c3ccc(Cl)c(Cl)c3)CC2)cs1. The first-order chi connectivity index (χ1) is 12.8. The van der Waals surface area contributed by atoms with Gasteiger partial charge in [0.15, 0.2) is 0 Å². The maximum absolute atomic E-state index is 12.7. The van der Waals surface area contributed by atoms with Crippen molar-refractivity contribution < 1.29 is 13.2 Å². The normalized spacial score (nSPS) is 16.2. The summed E-state index contributed by atoms with van der Waals surface area (Å²) < 4.78 is 26.8. The number of hydrogen-bond acceptors (Lipinski definition) is 5. The van der Waals surface area contributed by atoms with E-state index in [0.717, 1.165) is 10.7 Å². The van der Waals surface area contributed by atoms with Gasteiger partial charge in [-0.25, -0.2) is 13.4 Å². The second-order valence-corrected chi connectivity index (χ2v) is 9.74. The Morgan fingerprint density at radius 1 is 1.19 bits per heavy atom. The Morgan fingerprint density at radius 2 is 1.89 bits per heavy atom. The molecule has 2 heterocycles. The highest BCUT2D eigenvalue weighted by Crippen LogP contribution is 2.27. The molecule has 144 valence electrons. The number of carbonyl (C=O) groups excluding carboxylic acids is 1. The van der Waals surface area contributed by atoms with Crippen LogP contribution in [-0.2, 0) is 14.8 Å². The van der Waals surface area contributed by atoms with E-state index in [-0.39, 0.29) is 28.9 Å². The van der Waals surface area contributed by atoms with Gasteiger partial charge in [-0.3, -0.25) is 4.79 Å². The second-order valence-electron chi connectivity index (χ2n) is 5.93. The van der Waals surface area contributed by atoms with Gasteiger partial charge in [0, 0.05) is 37.6 Å². The van der Waals surface area contributed by atoms with Crippen molar-refractivity contribution in [2.45, 2.75) is 11.8 Å². The van der Waals surface area contributed by atoms with Crippen molar-refractivity contribution in [3.8, 4) is 0 Å². The Morgan fingerprint density at radius 3 is 2.48 bits per heavy atom. The molecular formula is C17H17Cl2N3O3S2. The number of sulfonamides is 1. The molecule has 1 aromatic carbocycles. The van der Waals surface area contributed by atoms with Crippen molar-refractivity contribution in [2.24, 2.45) is 0 Å². The van der Waals surface area contributed by atoms with Gasteiger partial charge in [0.05, 0.1) is 25.6 Å². The molecule has 0 saturated carbocycles. The Bertz CT molecular complexity index is 981. The molecule has 0 aliphatic carbocycles. The van der Waals surface area contributed by atoms with Crippen molar-refractivity contribution in [3.63, 3.8) is 0 Å². The van der Waals surface area contributed by atoms with Crippen LogP contribution in [0.4, 0.5) is 0 Å². The summed E-state index contributed by atoms with van der Waals surface area (Å²) in [6.07, 6.45) is 3.14. The van der Waals surface area contributed by atoms with E-state index >= 15 is 0 Å². The standard InChI is InChI=1S/C17H17Cl2N3O3S2/c1-12-20-13(11-26-12)2-5-17(23)21-6-8-22(9-7-21)27(24,25)14-3-4-15(18)16(19)10-14/h2-5,10-11H,6-9H2,1H3. The summed E-state index contributed by atoms with van der Waals surface area (Å²) in [7, 11) is -3.68. The van der Waals surface area contributed by atoms with Gasteiger partial charge >= 0.3 is 0 Å². The minimum atomic E-state index is -3.68. The lowest BCUT2D eigenvalue weighted by Gasteiger charge is -2.33. The predicted molar refractivity (Wildman–Crippen MR) is 108 cm³/mol. The zero-order valence-corrected chi connectivity index (χ0v) is 17.6. The number of piperazine rings is 1.